The molecule has 0 bridgehead atoms. The highest BCUT2D eigenvalue weighted by atomic mass is 16.5. The topological polar surface area (TPSA) is 35.5 Å². The van der Waals surface area contributed by atoms with Crippen LogP contribution in [0.15, 0.2) is 48.5 Å². The van der Waals surface area contributed by atoms with Crippen molar-refractivity contribution in [2.75, 3.05) is 7.11 Å². The zero-order chi connectivity index (χ0) is 19.7. The third-order valence-electron chi connectivity index (χ3n) is 4.08. The van der Waals surface area contributed by atoms with E-state index < -0.39 is 0 Å². The van der Waals surface area contributed by atoms with Crippen molar-refractivity contribution >= 4 is 5.97 Å². The summed E-state index contributed by atoms with van der Waals surface area (Å²) in [5, 5.41) is 0. The first kappa shape index (κ1) is 21.8. The van der Waals surface area contributed by atoms with Crippen LogP contribution in [-0.2, 0) is 10.2 Å². The highest BCUT2D eigenvalue weighted by molar-refractivity contribution is 5.74. The van der Waals surface area contributed by atoms with Crippen LogP contribution in [0, 0.1) is 5.92 Å². The number of hydrogen-bond donors (Lipinski definition) is 0. The first-order valence-electron chi connectivity index (χ1n) is 9.23. The maximum atomic E-state index is 11.6. The lowest BCUT2D eigenvalue weighted by molar-refractivity contribution is -0.137. The normalized spacial score (nSPS) is 10.8. The molecule has 0 unspecified atom stereocenters. The molecule has 2 rings (SSSR count). The molecule has 2 aromatic carbocycles. The van der Waals surface area contributed by atoms with Crippen molar-refractivity contribution in [3.05, 3.63) is 59.7 Å². The number of benzene rings is 2. The molecule has 3 nitrogen and oxygen atoms in total. The monoisotopic (exact) mass is 356 g/mol. The number of methoxy groups -OCH3 is 1. The Bertz CT molecular complexity index is 668. The number of esters is 1. The first-order valence-corrected chi connectivity index (χ1v) is 9.23. The highest BCUT2D eigenvalue weighted by Crippen LogP contribution is 2.33. The van der Waals surface area contributed by atoms with Crippen LogP contribution in [0.2, 0.25) is 0 Å². The van der Waals surface area contributed by atoms with E-state index in [0.717, 1.165) is 11.3 Å². The summed E-state index contributed by atoms with van der Waals surface area (Å²) in [5.74, 6) is 1.08. The SMILES string of the molecule is CCC.COc1ccc(C(C)(C)c2ccc(OC(=O)C(C)C)cc2)cc1. The molecule has 0 atom stereocenters. The van der Waals surface area contributed by atoms with Crippen LogP contribution in [0.4, 0.5) is 0 Å². The standard InChI is InChI=1S/C20H24O3.C3H8/c1-14(2)19(21)23-18-12-8-16(9-13-18)20(3,4)15-6-10-17(22-5)11-7-15;1-3-2/h6-14H,1-5H3;3H2,1-2H3. The molecule has 0 saturated heterocycles. The number of hydrogen-bond acceptors (Lipinski definition) is 3. The molecule has 26 heavy (non-hydrogen) atoms. The second-order valence-electron chi connectivity index (χ2n) is 7.16. The number of rotatable bonds is 5. The number of carbonyl (C=O) groups excluding carboxylic acids is 1. The van der Waals surface area contributed by atoms with E-state index in [0.29, 0.717) is 5.75 Å². The fourth-order valence-electron chi connectivity index (χ4n) is 2.35. The Hall–Kier alpha value is -2.29. The van der Waals surface area contributed by atoms with Gasteiger partial charge in [-0.15, -0.1) is 0 Å². The average Bonchev–Trinajstić information content (AvgIpc) is 2.62. The third-order valence-corrected chi connectivity index (χ3v) is 4.08. The lowest BCUT2D eigenvalue weighted by Gasteiger charge is -2.26. The summed E-state index contributed by atoms with van der Waals surface area (Å²) in [6.07, 6.45) is 1.25. The van der Waals surface area contributed by atoms with Crippen molar-refractivity contribution in [1.29, 1.82) is 0 Å². The van der Waals surface area contributed by atoms with E-state index in [9.17, 15) is 4.79 Å². The molecule has 0 saturated carbocycles. The molecule has 0 radical (unpaired) electrons. The summed E-state index contributed by atoms with van der Waals surface area (Å²) >= 11 is 0. The van der Waals surface area contributed by atoms with Gasteiger partial charge in [0.25, 0.3) is 0 Å². The van der Waals surface area contributed by atoms with Gasteiger partial charge in [-0.05, 0) is 35.4 Å². The summed E-state index contributed by atoms with van der Waals surface area (Å²) in [5.41, 5.74) is 2.21. The van der Waals surface area contributed by atoms with Crippen LogP contribution in [-0.4, -0.2) is 13.1 Å². The van der Waals surface area contributed by atoms with Gasteiger partial charge in [-0.2, -0.15) is 0 Å². The van der Waals surface area contributed by atoms with Gasteiger partial charge in [0.05, 0.1) is 13.0 Å². The molecule has 0 aliphatic heterocycles. The Morgan fingerprint density at radius 2 is 1.27 bits per heavy atom. The lowest BCUT2D eigenvalue weighted by Crippen LogP contribution is -2.19. The zero-order valence-corrected chi connectivity index (χ0v) is 17.1. The van der Waals surface area contributed by atoms with Crippen LogP contribution in [0.1, 0.15) is 59.1 Å². The average molecular weight is 357 g/mol. The minimum absolute atomic E-state index is 0.134. The minimum Gasteiger partial charge on any atom is -0.497 e. The predicted molar refractivity (Wildman–Crippen MR) is 108 cm³/mol. The summed E-state index contributed by atoms with van der Waals surface area (Å²) in [6, 6.07) is 15.8. The summed E-state index contributed by atoms with van der Waals surface area (Å²) in [6.45, 7) is 12.2. The highest BCUT2D eigenvalue weighted by Gasteiger charge is 2.23. The largest absolute Gasteiger partial charge is 0.497 e. The van der Waals surface area contributed by atoms with E-state index in [1.807, 2.05) is 50.2 Å². The quantitative estimate of drug-likeness (QED) is 0.487. The second kappa shape index (κ2) is 10.0. The zero-order valence-electron chi connectivity index (χ0n) is 17.1. The van der Waals surface area contributed by atoms with E-state index in [1.165, 1.54) is 12.0 Å². The van der Waals surface area contributed by atoms with E-state index in [2.05, 4.69) is 39.8 Å². The Kier molecular flexibility index (Phi) is 8.37. The Balaban J connectivity index is 0.00000105. The van der Waals surface area contributed by atoms with Gasteiger partial charge >= 0.3 is 5.97 Å². The molecule has 0 aliphatic rings. The lowest BCUT2D eigenvalue weighted by atomic mass is 9.78. The van der Waals surface area contributed by atoms with Gasteiger partial charge in [0.2, 0.25) is 0 Å². The molecule has 0 N–H and O–H groups in total. The van der Waals surface area contributed by atoms with Crippen LogP contribution < -0.4 is 9.47 Å². The minimum atomic E-state index is -0.216. The fraction of sp³-hybridized carbons (Fsp3) is 0.435. The molecule has 2 aromatic rings. The molecule has 142 valence electrons. The van der Waals surface area contributed by atoms with Gasteiger partial charge in [-0.3, -0.25) is 4.79 Å². The molecule has 0 aliphatic carbocycles. The maximum absolute atomic E-state index is 11.6. The second-order valence-corrected chi connectivity index (χ2v) is 7.16. The van der Waals surface area contributed by atoms with Crippen LogP contribution in [0.3, 0.4) is 0 Å². The Morgan fingerprint density at radius 1 is 0.885 bits per heavy atom. The summed E-state index contributed by atoms with van der Waals surface area (Å²) in [7, 11) is 1.66. The number of carbonyl (C=O) groups is 1. The molecule has 0 amide bonds. The summed E-state index contributed by atoms with van der Waals surface area (Å²) < 4.78 is 10.5. The predicted octanol–water partition coefficient (Wildman–Crippen LogP) is 6.00. The van der Waals surface area contributed by atoms with E-state index in [1.54, 1.807) is 7.11 Å². The molecule has 3 heteroatoms. The molecule has 0 aromatic heterocycles. The smallest absolute Gasteiger partial charge is 0.313 e. The van der Waals surface area contributed by atoms with Crippen molar-refractivity contribution in [2.24, 2.45) is 5.92 Å². The van der Waals surface area contributed by atoms with Gasteiger partial charge in [0.1, 0.15) is 11.5 Å². The van der Waals surface area contributed by atoms with E-state index >= 15 is 0 Å². The van der Waals surface area contributed by atoms with Crippen LogP contribution in [0.5, 0.6) is 11.5 Å². The van der Waals surface area contributed by atoms with Crippen molar-refractivity contribution < 1.29 is 14.3 Å². The van der Waals surface area contributed by atoms with Crippen LogP contribution in [0.25, 0.3) is 0 Å². The molecule has 0 heterocycles. The Morgan fingerprint density at radius 3 is 1.62 bits per heavy atom. The molecule has 0 fully saturated rings. The van der Waals surface area contributed by atoms with Gasteiger partial charge in [-0.25, -0.2) is 0 Å². The third kappa shape index (κ3) is 5.91. The van der Waals surface area contributed by atoms with Gasteiger partial charge < -0.3 is 9.47 Å². The van der Waals surface area contributed by atoms with Gasteiger partial charge in [0.15, 0.2) is 0 Å². The summed E-state index contributed by atoms with van der Waals surface area (Å²) in [4.78, 5) is 11.6. The Labute approximate surface area is 158 Å². The van der Waals surface area contributed by atoms with E-state index in [-0.39, 0.29) is 17.3 Å². The first-order chi connectivity index (χ1) is 12.3. The maximum Gasteiger partial charge on any atom is 0.313 e. The number of ether oxygens (including phenoxy) is 2. The van der Waals surface area contributed by atoms with Crippen molar-refractivity contribution in [1.82, 2.24) is 0 Å². The molecular weight excluding hydrogens is 324 g/mol. The molecule has 0 spiro atoms. The van der Waals surface area contributed by atoms with Gasteiger partial charge in [0, 0.05) is 5.41 Å². The molecular formula is C23H32O3. The van der Waals surface area contributed by atoms with Crippen molar-refractivity contribution in [3.63, 3.8) is 0 Å². The van der Waals surface area contributed by atoms with Crippen molar-refractivity contribution in [2.45, 2.75) is 53.4 Å². The van der Waals surface area contributed by atoms with Gasteiger partial charge in [-0.1, -0.05) is 72.2 Å². The fourth-order valence-corrected chi connectivity index (χ4v) is 2.35. The van der Waals surface area contributed by atoms with E-state index in [4.69, 9.17) is 9.47 Å². The van der Waals surface area contributed by atoms with Crippen LogP contribution >= 0.6 is 0 Å². The van der Waals surface area contributed by atoms with Crippen molar-refractivity contribution in [3.8, 4) is 11.5 Å².